The van der Waals surface area contributed by atoms with Gasteiger partial charge in [0.25, 0.3) is 0 Å². The molecule has 0 aliphatic carbocycles. The fourth-order valence-electron chi connectivity index (χ4n) is 1.39. The minimum atomic E-state index is -0.501. The summed E-state index contributed by atoms with van der Waals surface area (Å²) in [5.41, 5.74) is 5.59. The van der Waals surface area contributed by atoms with Crippen LogP contribution < -0.4 is 5.73 Å². The van der Waals surface area contributed by atoms with E-state index >= 15 is 0 Å². The van der Waals surface area contributed by atoms with E-state index in [-0.39, 0.29) is 11.4 Å². The molecule has 0 aromatic rings. The molecule has 94 valence electrons. The van der Waals surface area contributed by atoms with Crippen LogP contribution in [0.5, 0.6) is 0 Å². The Morgan fingerprint density at radius 2 is 2.12 bits per heavy atom. The number of hydrogen-bond donors (Lipinski definition) is 1. The lowest BCUT2D eigenvalue weighted by atomic mass is 10.0. The zero-order valence-electron chi connectivity index (χ0n) is 10.8. The lowest BCUT2D eigenvalue weighted by Crippen LogP contribution is -2.52. The normalized spacial score (nSPS) is 13.3. The van der Waals surface area contributed by atoms with Gasteiger partial charge in [0.1, 0.15) is 0 Å². The van der Waals surface area contributed by atoms with E-state index in [1.54, 1.807) is 18.1 Å². The van der Waals surface area contributed by atoms with Crippen molar-refractivity contribution in [2.75, 3.05) is 20.3 Å². The van der Waals surface area contributed by atoms with Crippen molar-refractivity contribution >= 4 is 5.91 Å². The van der Waals surface area contributed by atoms with Gasteiger partial charge in [-0.2, -0.15) is 0 Å². The maximum absolute atomic E-state index is 12.1. The second kappa shape index (κ2) is 6.66. The molecule has 0 aromatic heterocycles. The highest BCUT2D eigenvalue weighted by molar-refractivity contribution is 5.82. The SMILES string of the molecule is C=CCN(C(=O)C(N)CCOC)C(C)(C)C. The largest absolute Gasteiger partial charge is 0.385 e. The van der Waals surface area contributed by atoms with E-state index in [0.29, 0.717) is 19.6 Å². The number of hydrogen-bond acceptors (Lipinski definition) is 3. The first-order chi connectivity index (χ1) is 7.34. The number of nitrogens with two attached hydrogens (primary N) is 1. The van der Waals surface area contributed by atoms with E-state index in [0.717, 1.165) is 0 Å². The molecule has 0 spiro atoms. The van der Waals surface area contributed by atoms with Crippen LogP contribution in [0.4, 0.5) is 0 Å². The second-order valence-corrected chi connectivity index (χ2v) is 4.80. The molecule has 0 saturated heterocycles. The highest BCUT2D eigenvalue weighted by Crippen LogP contribution is 2.14. The van der Waals surface area contributed by atoms with Gasteiger partial charge < -0.3 is 15.4 Å². The summed E-state index contributed by atoms with van der Waals surface area (Å²) in [6.45, 7) is 10.6. The van der Waals surface area contributed by atoms with Crippen LogP contribution in [0.3, 0.4) is 0 Å². The number of nitrogens with zero attached hydrogens (tertiary/aromatic N) is 1. The average Bonchev–Trinajstić information content (AvgIpc) is 2.19. The van der Waals surface area contributed by atoms with E-state index < -0.39 is 6.04 Å². The summed E-state index contributed by atoms with van der Waals surface area (Å²) in [5.74, 6) is -0.0514. The molecular weight excluding hydrogens is 204 g/mol. The molecule has 16 heavy (non-hydrogen) atoms. The molecular formula is C12H24N2O2. The van der Waals surface area contributed by atoms with Crippen molar-refractivity contribution in [1.29, 1.82) is 0 Å². The van der Waals surface area contributed by atoms with E-state index in [1.807, 2.05) is 20.8 Å². The van der Waals surface area contributed by atoms with Gasteiger partial charge in [0, 0.05) is 25.8 Å². The Hall–Kier alpha value is -0.870. The van der Waals surface area contributed by atoms with E-state index in [4.69, 9.17) is 10.5 Å². The van der Waals surface area contributed by atoms with Crippen LogP contribution in [0.2, 0.25) is 0 Å². The molecule has 0 aliphatic rings. The molecule has 0 rings (SSSR count). The number of rotatable bonds is 6. The molecule has 2 N–H and O–H groups in total. The molecule has 1 unspecified atom stereocenters. The van der Waals surface area contributed by atoms with Crippen LogP contribution in [0.15, 0.2) is 12.7 Å². The lowest BCUT2D eigenvalue weighted by molar-refractivity contribution is -0.137. The molecule has 0 heterocycles. The summed E-state index contributed by atoms with van der Waals surface area (Å²) >= 11 is 0. The summed E-state index contributed by atoms with van der Waals surface area (Å²) in [4.78, 5) is 13.8. The predicted molar refractivity (Wildman–Crippen MR) is 66.1 cm³/mol. The Balaban J connectivity index is 4.54. The Morgan fingerprint density at radius 3 is 2.50 bits per heavy atom. The zero-order valence-corrected chi connectivity index (χ0v) is 10.8. The van der Waals surface area contributed by atoms with Gasteiger partial charge in [-0.05, 0) is 27.2 Å². The quantitative estimate of drug-likeness (QED) is 0.694. The average molecular weight is 228 g/mol. The fourth-order valence-corrected chi connectivity index (χ4v) is 1.39. The zero-order chi connectivity index (χ0) is 12.8. The number of methoxy groups -OCH3 is 1. The third kappa shape index (κ3) is 4.77. The van der Waals surface area contributed by atoms with E-state index in [1.165, 1.54) is 0 Å². The van der Waals surface area contributed by atoms with E-state index in [9.17, 15) is 4.79 Å². The Kier molecular flexibility index (Phi) is 6.29. The smallest absolute Gasteiger partial charge is 0.240 e. The first-order valence-electron chi connectivity index (χ1n) is 5.51. The van der Waals surface area contributed by atoms with Crippen LogP contribution in [0, 0.1) is 0 Å². The van der Waals surface area contributed by atoms with Gasteiger partial charge in [0.05, 0.1) is 6.04 Å². The Labute approximate surface area is 98.4 Å². The molecule has 0 aromatic carbocycles. The summed E-state index contributed by atoms with van der Waals surface area (Å²) in [6.07, 6.45) is 2.26. The van der Waals surface area contributed by atoms with Gasteiger partial charge in [0.15, 0.2) is 0 Å². The van der Waals surface area contributed by atoms with Crippen LogP contribution in [-0.4, -0.2) is 42.6 Å². The predicted octanol–water partition coefficient (Wildman–Crippen LogP) is 1.16. The second-order valence-electron chi connectivity index (χ2n) is 4.80. The van der Waals surface area contributed by atoms with Gasteiger partial charge in [0.2, 0.25) is 5.91 Å². The number of carbonyl (C=O) groups is 1. The van der Waals surface area contributed by atoms with Gasteiger partial charge in [-0.25, -0.2) is 0 Å². The molecule has 4 heteroatoms. The third-order valence-corrected chi connectivity index (χ3v) is 2.34. The van der Waals surface area contributed by atoms with Crippen molar-refractivity contribution in [3.8, 4) is 0 Å². The van der Waals surface area contributed by atoms with Crippen molar-refractivity contribution < 1.29 is 9.53 Å². The van der Waals surface area contributed by atoms with Gasteiger partial charge >= 0.3 is 0 Å². The molecule has 1 amide bonds. The third-order valence-electron chi connectivity index (χ3n) is 2.34. The van der Waals surface area contributed by atoms with Crippen LogP contribution in [0.25, 0.3) is 0 Å². The highest BCUT2D eigenvalue weighted by atomic mass is 16.5. The molecule has 0 saturated carbocycles. The molecule has 0 fully saturated rings. The van der Waals surface area contributed by atoms with Gasteiger partial charge in [-0.3, -0.25) is 4.79 Å². The van der Waals surface area contributed by atoms with Crippen molar-refractivity contribution in [3.63, 3.8) is 0 Å². The summed E-state index contributed by atoms with van der Waals surface area (Å²) in [7, 11) is 1.60. The van der Waals surface area contributed by atoms with Crippen molar-refractivity contribution in [3.05, 3.63) is 12.7 Å². The summed E-state index contributed by atoms with van der Waals surface area (Å²) in [6, 6.07) is -0.501. The minimum Gasteiger partial charge on any atom is -0.385 e. The fraction of sp³-hybridized carbons (Fsp3) is 0.750. The lowest BCUT2D eigenvalue weighted by Gasteiger charge is -2.36. The minimum absolute atomic E-state index is 0.0514. The van der Waals surface area contributed by atoms with Gasteiger partial charge in [-0.1, -0.05) is 6.08 Å². The molecule has 4 nitrogen and oxygen atoms in total. The van der Waals surface area contributed by atoms with Crippen LogP contribution in [-0.2, 0) is 9.53 Å². The monoisotopic (exact) mass is 228 g/mol. The molecule has 0 aliphatic heterocycles. The Bertz CT molecular complexity index is 234. The summed E-state index contributed by atoms with van der Waals surface area (Å²) < 4.78 is 4.92. The Morgan fingerprint density at radius 1 is 1.56 bits per heavy atom. The maximum Gasteiger partial charge on any atom is 0.240 e. The first kappa shape index (κ1) is 15.1. The van der Waals surface area contributed by atoms with Crippen molar-refractivity contribution in [2.24, 2.45) is 5.73 Å². The first-order valence-corrected chi connectivity index (χ1v) is 5.51. The van der Waals surface area contributed by atoms with Crippen molar-refractivity contribution in [2.45, 2.75) is 38.8 Å². The van der Waals surface area contributed by atoms with Gasteiger partial charge in [-0.15, -0.1) is 6.58 Å². The molecule has 1 atom stereocenters. The van der Waals surface area contributed by atoms with Crippen LogP contribution in [0.1, 0.15) is 27.2 Å². The highest BCUT2D eigenvalue weighted by Gasteiger charge is 2.28. The maximum atomic E-state index is 12.1. The molecule has 0 bridgehead atoms. The van der Waals surface area contributed by atoms with Crippen molar-refractivity contribution in [1.82, 2.24) is 4.90 Å². The number of carbonyl (C=O) groups excluding carboxylic acids is 1. The number of ether oxygens (including phenoxy) is 1. The standard InChI is InChI=1S/C12H24N2O2/c1-6-8-14(12(2,3)4)11(15)10(13)7-9-16-5/h6,10H,1,7-9,13H2,2-5H3. The van der Waals surface area contributed by atoms with E-state index in [2.05, 4.69) is 6.58 Å². The van der Waals surface area contributed by atoms with Crippen LogP contribution >= 0.6 is 0 Å². The molecule has 0 radical (unpaired) electrons. The topological polar surface area (TPSA) is 55.6 Å². The number of amides is 1. The summed E-state index contributed by atoms with van der Waals surface area (Å²) in [5, 5.41) is 0.